The molecule has 0 fully saturated rings. The Labute approximate surface area is 290 Å². The van der Waals surface area contributed by atoms with E-state index in [9.17, 15) is 0 Å². The van der Waals surface area contributed by atoms with Gasteiger partial charge in [0.25, 0.3) is 0 Å². The minimum Gasteiger partial charge on any atom is -0.309 e. The molecule has 50 heavy (non-hydrogen) atoms. The molecule has 0 bridgehead atoms. The molecule has 9 aromatic rings. The first kappa shape index (κ1) is 28.6. The summed E-state index contributed by atoms with van der Waals surface area (Å²) < 4.78 is 4.77. The first-order valence-corrected chi connectivity index (χ1v) is 17.3. The Morgan fingerprint density at radius 1 is 0.420 bits per heavy atom. The number of fused-ring (bicyclic) bond motifs is 6. The van der Waals surface area contributed by atoms with Gasteiger partial charge in [-0.25, -0.2) is 0 Å². The third kappa shape index (κ3) is 4.62. The largest absolute Gasteiger partial charge is 0.309 e. The van der Waals surface area contributed by atoms with E-state index < -0.39 is 0 Å². The Morgan fingerprint density at radius 2 is 0.860 bits per heavy atom. The van der Waals surface area contributed by atoms with Crippen molar-refractivity contribution < 1.29 is 0 Å². The molecule has 7 aromatic carbocycles. The summed E-state index contributed by atoms with van der Waals surface area (Å²) in [4.78, 5) is 5.45. The zero-order valence-electron chi connectivity index (χ0n) is 27.4. The Hall–Kier alpha value is -6.45. The number of aliphatic imine (C=N–C) groups is 1. The topological polar surface area (TPSA) is 22.2 Å². The standard InChI is InChI=1S/C47H33N3/c1-2-14-32(15-3-1)35-30-42(33-16-12-18-36(28-33)49-44-24-8-4-20-38(44)39-21-5-9-25-45(39)49)48-43(31-35)34-17-13-19-37(29-34)50-46-26-10-6-22-40(46)41-23-7-11-27-47(41)50/h1-30,35H,31H2. The molecule has 1 unspecified atom stereocenters. The number of para-hydroxylation sites is 4. The summed E-state index contributed by atoms with van der Waals surface area (Å²) in [7, 11) is 0. The highest BCUT2D eigenvalue weighted by molar-refractivity contribution is 6.11. The first-order valence-electron chi connectivity index (χ1n) is 17.3. The van der Waals surface area contributed by atoms with Crippen LogP contribution in [0.2, 0.25) is 0 Å². The molecule has 236 valence electrons. The predicted octanol–water partition coefficient (Wildman–Crippen LogP) is 11.9. The van der Waals surface area contributed by atoms with Crippen LogP contribution in [0.1, 0.15) is 29.0 Å². The number of rotatable bonds is 5. The van der Waals surface area contributed by atoms with E-state index in [2.05, 4.69) is 191 Å². The van der Waals surface area contributed by atoms with Crippen LogP contribution in [0.4, 0.5) is 0 Å². The maximum Gasteiger partial charge on any atom is 0.0672 e. The zero-order valence-corrected chi connectivity index (χ0v) is 27.4. The number of aromatic nitrogens is 2. The van der Waals surface area contributed by atoms with Crippen molar-refractivity contribution in [2.45, 2.75) is 12.3 Å². The van der Waals surface area contributed by atoms with Gasteiger partial charge in [0, 0.05) is 56.5 Å². The summed E-state index contributed by atoms with van der Waals surface area (Å²) in [5.41, 5.74) is 12.8. The Morgan fingerprint density at radius 3 is 1.38 bits per heavy atom. The molecule has 0 aliphatic carbocycles. The van der Waals surface area contributed by atoms with Crippen molar-refractivity contribution in [2.75, 3.05) is 0 Å². The molecule has 3 heterocycles. The highest BCUT2D eigenvalue weighted by Crippen LogP contribution is 2.37. The second-order valence-electron chi connectivity index (χ2n) is 13.2. The van der Waals surface area contributed by atoms with Crippen molar-refractivity contribution in [3.63, 3.8) is 0 Å². The summed E-state index contributed by atoms with van der Waals surface area (Å²) in [5.74, 6) is 0.201. The van der Waals surface area contributed by atoms with Gasteiger partial charge in [-0.15, -0.1) is 0 Å². The second kappa shape index (κ2) is 11.6. The maximum atomic E-state index is 5.45. The van der Waals surface area contributed by atoms with Gasteiger partial charge >= 0.3 is 0 Å². The number of nitrogens with zero attached hydrogens (tertiary/aromatic N) is 3. The van der Waals surface area contributed by atoms with Crippen molar-refractivity contribution in [1.29, 1.82) is 0 Å². The van der Waals surface area contributed by atoms with Gasteiger partial charge in [0.05, 0.1) is 27.8 Å². The fourth-order valence-electron chi connectivity index (χ4n) is 7.97. The van der Waals surface area contributed by atoms with Gasteiger partial charge in [0.1, 0.15) is 0 Å². The van der Waals surface area contributed by atoms with Crippen LogP contribution in [-0.4, -0.2) is 14.8 Å². The van der Waals surface area contributed by atoms with Crippen LogP contribution in [-0.2, 0) is 0 Å². The Kier molecular flexibility index (Phi) is 6.63. The van der Waals surface area contributed by atoms with Crippen LogP contribution >= 0.6 is 0 Å². The average Bonchev–Trinajstić information content (AvgIpc) is 3.71. The molecule has 3 nitrogen and oxygen atoms in total. The third-order valence-electron chi connectivity index (χ3n) is 10.3. The monoisotopic (exact) mass is 639 g/mol. The van der Waals surface area contributed by atoms with E-state index in [-0.39, 0.29) is 5.92 Å². The predicted molar refractivity (Wildman–Crippen MR) is 210 cm³/mol. The summed E-state index contributed by atoms with van der Waals surface area (Å²) >= 11 is 0. The molecule has 0 saturated carbocycles. The molecule has 10 rings (SSSR count). The summed E-state index contributed by atoms with van der Waals surface area (Å²) in [6.45, 7) is 0. The smallest absolute Gasteiger partial charge is 0.0672 e. The molecule has 1 aliphatic heterocycles. The van der Waals surface area contributed by atoms with Gasteiger partial charge in [-0.2, -0.15) is 0 Å². The highest BCUT2D eigenvalue weighted by atomic mass is 15.0. The van der Waals surface area contributed by atoms with Crippen molar-refractivity contribution in [3.05, 3.63) is 199 Å². The highest BCUT2D eigenvalue weighted by Gasteiger charge is 2.22. The van der Waals surface area contributed by atoms with Gasteiger partial charge in [0.15, 0.2) is 0 Å². The van der Waals surface area contributed by atoms with Gasteiger partial charge in [-0.05, 0) is 59.7 Å². The quantitative estimate of drug-likeness (QED) is 0.179. The van der Waals surface area contributed by atoms with Gasteiger partial charge < -0.3 is 9.13 Å². The van der Waals surface area contributed by atoms with Crippen molar-refractivity contribution in [2.24, 2.45) is 4.99 Å². The van der Waals surface area contributed by atoms with Crippen LogP contribution in [0.3, 0.4) is 0 Å². The fourth-order valence-corrected chi connectivity index (χ4v) is 7.97. The van der Waals surface area contributed by atoms with E-state index in [0.717, 1.165) is 40.3 Å². The molecule has 2 aromatic heterocycles. The third-order valence-corrected chi connectivity index (χ3v) is 10.3. The lowest BCUT2D eigenvalue weighted by Crippen LogP contribution is -2.13. The molecule has 0 N–H and O–H groups in total. The van der Waals surface area contributed by atoms with E-state index in [1.54, 1.807) is 0 Å². The van der Waals surface area contributed by atoms with Gasteiger partial charge in [-0.1, -0.05) is 133 Å². The number of hydrogen-bond donors (Lipinski definition) is 0. The first-order chi connectivity index (χ1) is 24.8. The summed E-state index contributed by atoms with van der Waals surface area (Å²) in [6, 6.07) is 63.4. The van der Waals surface area contributed by atoms with Crippen molar-refractivity contribution in [3.8, 4) is 11.4 Å². The molecule has 0 saturated heterocycles. The van der Waals surface area contributed by atoms with Gasteiger partial charge in [-0.3, -0.25) is 4.99 Å². The van der Waals surface area contributed by atoms with Crippen molar-refractivity contribution >= 4 is 55.0 Å². The lowest BCUT2D eigenvalue weighted by molar-refractivity contribution is 0.879. The van der Waals surface area contributed by atoms with Gasteiger partial charge in [0.2, 0.25) is 0 Å². The SMILES string of the molecule is C1=C(c2cccc(-n3c4ccccc4c4ccccc43)c2)N=C(c2cccc(-n3c4ccccc4c4ccccc43)c2)CC1c1ccccc1. The zero-order chi connectivity index (χ0) is 33.0. The normalized spacial score (nSPS) is 14.8. The second-order valence-corrected chi connectivity index (χ2v) is 13.2. The van der Waals surface area contributed by atoms with Crippen LogP contribution in [0.5, 0.6) is 0 Å². The molecule has 0 spiro atoms. The summed E-state index contributed by atoms with van der Waals surface area (Å²) in [6.07, 6.45) is 3.19. The number of benzene rings is 7. The van der Waals surface area contributed by atoms with E-state index in [1.807, 2.05) is 0 Å². The van der Waals surface area contributed by atoms with E-state index in [4.69, 9.17) is 4.99 Å². The molecule has 1 aliphatic rings. The van der Waals surface area contributed by atoms with E-state index in [0.29, 0.717) is 0 Å². The van der Waals surface area contributed by atoms with Crippen molar-refractivity contribution in [1.82, 2.24) is 9.13 Å². The fraction of sp³-hybridized carbons (Fsp3) is 0.0426. The van der Waals surface area contributed by atoms with Crippen LogP contribution in [0.25, 0.3) is 60.7 Å². The molecule has 3 heteroatoms. The Bertz CT molecular complexity index is 2690. The lowest BCUT2D eigenvalue weighted by atomic mass is 9.87. The maximum absolute atomic E-state index is 5.45. The molecule has 1 atom stereocenters. The average molecular weight is 640 g/mol. The summed E-state index contributed by atoms with van der Waals surface area (Å²) in [5, 5.41) is 5.05. The van der Waals surface area contributed by atoms with E-state index >= 15 is 0 Å². The molecule has 0 amide bonds. The molecular weight excluding hydrogens is 607 g/mol. The minimum absolute atomic E-state index is 0.201. The lowest BCUT2D eigenvalue weighted by Gasteiger charge is -2.23. The van der Waals surface area contributed by atoms with E-state index in [1.165, 1.54) is 49.2 Å². The molecule has 0 radical (unpaired) electrons. The Balaban J connectivity index is 1.12. The number of allylic oxidation sites excluding steroid dienone is 1. The van der Waals surface area contributed by atoms with Crippen LogP contribution in [0, 0.1) is 0 Å². The minimum atomic E-state index is 0.201. The van der Waals surface area contributed by atoms with Crippen LogP contribution < -0.4 is 0 Å². The number of hydrogen-bond acceptors (Lipinski definition) is 1. The van der Waals surface area contributed by atoms with Crippen LogP contribution in [0.15, 0.2) is 187 Å². The molecular formula is C47H33N3.